The second-order valence-corrected chi connectivity index (χ2v) is 5.60. The van der Waals surface area contributed by atoms with Crippen molar-refractivity contribution in [3.05, 3.63) is 45.1 Å². The lowest BCUT2D eigenvalue weighted by atomic mass is 10.2. The van der Waals surface area contributed by atoms with E-state index in [1.165, 1.54) is 12.0 Å². The quantitative estimate of drug-likeness (QED) is 0.872. The Labute approximate surface area is 123 Å². The molecule has 19 heavy (non-hydrogen) atoms. The van der Waals surface area contributed by atoms with Gasteiger partial charge in [-0.1, -0.05) is 6.07 Å². The Kier molecular flexibility index (Phi) is 4.81. The normalized spacial score (nSPS) is 10.0. The monoisotopic (exact) mass is 340 g/mol. The number of carbonyl (C=O) groups excluding carboxylic acids is 1. The molecule has 0 saturated carbocycles. The van der Waals surface area contributed by atoms with Crippen LogP contribution in [0.4, 0.5) is 16.2 Å². The molecule has 0 atom stereocenters. The van der Waals surface area contributed by atoms with Crippen LogP contribution < -0.4 is 10.6 Å². The molecule has 1 aromatic carbocycles. The van der Waals surface area contributed by atoms with E-state index in [0.717, 1.165) is 16.7 Å². The van der Waals surface area contributed by atoms with E-state index in [1.807, 2.05) is 35.7 Å². The van der Waals surface area contributed by atoms with Gasteiger partial charge in [-0.3, -0.25) is 5.32 Å². The van der Waals surface area contributed by atoms with Crippen LogP contribution in [0.3, 0.4) is 0 Å². The van der Waals surface area contributed by atoms with E-state index in [-0.39, 0.29) is 0 Å². The zero-order valence-electron chi connectivity index (χ0n) is 10.3. The molecule has 4 nitrogen and oxygen atoms in total. The van der Waals surface area contributed by atoms with Gasteiger partial charge in [0.1, 0.15) is 0 Å². The van der Waals surface area contributed by atoms with Crippen LogP contribution in [-0.2, 0) is 11.3 Å². The molecule has 2 N–H and O–H groups in total. The summed E-state index contributed by atoms with van der Waals surface area (Å²) in [6, 6.07) is 9.51. The smallest absolute Gasteiger partial charge is 0.411 e. The maximum atomic E-state index is 11.1. The summed E-state index contributed by atoms with van der Waals surface area (Å²) in [5.41, 5.74) is 1.64. The molecule has 0 saturated heterocycles. The molecule has 0 aliphatic rings. The zero-order valence-corrected chi connectivity index (χ0v) is 12.7. The van der Waals surface area contributed by atoms with Gasteiger partial charge in [-0.15, -0.1) is 11.3 Å². The Morgan fingerprint density at radius 1 is 1.37 bits per heavy atom. The highest BCUT2D eigenvalue weighted by molar-refractivity contribution is 9.10. The Hall–Kier alpha value is -1.53. The molecule has 0 fully saturated rings. The Morgan fingerprint density at radius 2 is 2.16 bits per heavy atom. The number of hydrogen-bond acceptors (Lipinski definition) is 4. The molecule has 1 aromatic heterocycles. The minimum atomic E-state index is -0.474. The first kappa shape index (κ1) is 13.9. The van der Waals surface area contributed by atoms with Gasteiger partial charge in [-0.2, -0.15) is 0 Å². The molecule has 100 valence electrons. The van der Waals surface area contributed by atoms with E-state index >= 15 is 0 Å². The van der Waals surface area contributed by atoms with Crippen molar-refractivity contribution in [1.29, 1.82) is 0 Å². The van der Waals surface area contributed by atoms with Crippen molar-refractivity contribution in [2.75, 3.05) is 17.7 Å². The Morgan fingerprint density at radius 3 is 2.84 bits per heavy atom. The van der Waals surface area contributed by atoms with Crippen molar-refractivity contribution < 1.29 is 9.53 Å². The SMILES string of the molecule is COC(=O)Nc1cccc(NCc2sccc2Br)c1. The van der Waals surface area contributed by atoms with Crippen LogP contribution in [0.1, 0.15) is 4.88 Å². The number of thiophene rings is 1. The predicted molar refractivity (Wildman–Crippen MR) is 81.8 cm³/mol. The number of amides is 1. The van der Waals surface area contributed by atoms with Gasteiger partial charge in [0.15, 0.2) is 0 Å². The molecule has 0 spiro atoms. The van der Waals surface area contributed by atoms with Crippen molar-refractivity contribution in [3.8, 4) is 0 Å². The van der Waals surface area contributed by atoms with Crippen molar-refractivity contribution in [2.24, 2.45) is 0 Å². The van der Waals surface area contributed by atoms with Crippen molar-refractivity contribution in [3.63, 3.8) is 0 Å². The molecule has 6 heteroatoms. The number of nitrogens with one attached hydrogen (secondary N) is 2. The van der Waals surface area contributed by atoms with Crippen molar-refractivity contribution >= 4 is 44.7 Å². The minimum Gasteiger partial charge on any atom is -0.453 e. The van der Waals surface area contributed by atoms with Gasteiger partial charge in [0.25, 0.3) is 0 Å². The van der Waals surface area contributed by atoms with Crippen LogP contribution in [0.15, 0.2) is 40.2 Å². The van der Waals surface area contributed by atoms with Gasteiger partial charge in [0.05, 0.1) is 13.7 Å². The van der Waals surface area contributed by atoms with Crippen LogP contribution in [0.25, 0.3) is 0 Å². The molecular formula is C13H13BrN2O2S. The lowest BCUT2D eigenvalue weighted by molar-refractivity contribution is 0.187. The van der Waals surface area contributed by atoms with Gasteiger partial charge in [-0.25, -0.2) is 4.79 Å². The molecule has 0 radical (unpaired) electrons. The highest BCUT2D eigenvalue weighted by Gasteiger charge is 2.03. The number of anilines is 2. The summed E-state index contributed by atoms with van der Waals surface area (Å²) in [5, 5.41) is 7.97. The fourth-order valence-electron chi connectivity index (χ4n) is 1.51. The predicted octanol–water partition coefficient (Wildman–Crippen LogP) is 4.30. The van der Waals surface area contributed by atoms with E-state index in [9.17, 15) is 4.79 Å². The van der Waals surface area contributed by atoms with E-state index in [4.69, 9.17) is 0 Å². The summed E-state index contributed by atoms with van der Waals surface area (Å²) >= 11 is 5.18. The molecule has 1 amide bonds. The highest BCUT2D eigenvalue weighted by atomic mass is 79.9. The van der Waals surface area contributed by atoms with Crippen LogP contribution in [-0.4, -0.2) is 13.2 Å². The third kappa shape index (κ3) is 3.97. The topological polar surface area (TPSA) is 50.4 Å². The van der Waals surface area contributed by atoms with Crippen LogP contribution in [0, 0.1) is 0 Å². The molecule has 2 rings (SSSR count). The number of methoxy groups -OCH3 is 1. The standard InChI is InChI=1S/C13H13BrN2O2S/c1-18-13(17)16-10-4-2-3-9(7-10)15-8-12-11(14)5-6-19-12/h2-7,15H,8H2,1H3,(H,16,17). The van der Waals surface area contributed by atoms with Gasteiger partial charge < -0.3 is 10.1 Å². The Balaban J connectivity index is 1.99. The van der Waals surface area contributed by atoms with Crippen LogP contribution in [0.2, 0.25) is 0 Å². The minimum absolute atomic E-state index is 0.474. The first-order valence-electron chi connectivity index (χ1n) is 5.60. The van der Waals surface area contributed by atoms with Gasteiger partial charge in [-0.05, 0) is 45.6 Å². The molecule has 0 unspecified atom stereocenters. The fraction of sp³-hybridized carbons (Fsp3) is 0.154. The summed E-state index contributed by atoms with van der Waals surface area (Å²) < 4.78 is 5.66. The third-order valence-corrected chi connectivity index (χ3v) is 4.36. The maximum Gasteiger partial charge on any atom is 0.411 e. The fourth-order valence-corrected chi connectivity index (χ4v) is 2.94. The molecule has 0 aliphatic carbocycles. The summed E-state index contributed by atoms with van der Waals surface area (Å²) in [7, 11) is 1.34. The van der Waals surface area contributed by atoms with Gasteiger partial charge in [0, 0.05) is 20.7 Å². The number of rotatable bonds is 4. The molecule has 0 aliphatic heterocycles. The van der Waals surface area contributed by atoms with E-state index in [0.29, 0.717) is 5.69 Å². The van der Waals surface area contributed by atoms with Crippen LogP contribution >= 0.6 is 27.3 Å². The lowest BCUT2D eigenvalue weighted by Gasteiger charge is -2.08. The number of carbonyl (C=O) groups is 1. The summed E-state index contributed by atoms with van der Waals surface area (Å²) in [5.74, 6) is 0. The second kappa shape index (κ2) is 6.58. The summed E-state index contributed by atoms with van der Waals surface area (Å²) in [4.78, 5) is 12.4. The largest absolute Gasteiger partial charge is 0.453 e. The lowest BCUT2D eigenvalue weighted by Crippen LogP contribution is -2.11. The zero-order chi connectivity index (χ0) is 13.7. The van der Waals surface area contributed by atoms with Crippen molar-refractivity contribution in [1.82, 2.24) is 0 Å². The molecule has 0 bridgehead atoms. The Bertz CT molecular complexity index is 571. The summed E-state index contributed by atoms with van der Waals surface area (Å²) in [6.45, 7) is 0.736. The van der Waals surface area contributed by atoms with E-state index < -0.39 is 6.09 Å². The average molecular weight is 341 g/mol. The first-order valence-corrected chi connectivity index (χ1v) is 7.27. The summed E-state index contributed by atoms with van der Waals surface area (Å²) in [6.07, 6.45) is -0.474. The second-order valence-electron chi connectivity index (χ2n) is 3.74. The number of halogens is 1. The maximum absolute atomic E-state index is 11.1. The number of benzene rings is 1. The average Bonchev–Trinajstić information content (AvgIpc) is 2.82. The van der Waals surface area contributed by atoms with Gasteiger partial charge in [0.2, 0.25) is 0 Å². The molecule has 2 aromatic rings. The van der Waals surface area contributed by atoms with E-state index in [2.05, 4.69) is 31.3 Å². The van der Waals surface area contributed by atoms with E-state index in [1.54, 1.807) is 11.3 Å². The molecule has 1 heterocycles. The van der Waals surface area contributed by atoms with Crippen molar-refractivity contribution in [2.45, 2.75) is 6.54 Å². The molecular weight excluding hydrogens is 328 g/mol. The highest BCUT2D eigenvalue weighted by Crippen LogP contribution is 2.24. The van der Waals surface area contributed by atoms with Gasteiger partial charge >= 0.3 is 6.09 Å². The first-order chi connectivity index (χ1) is 9.19. The number of hydrogen-bond donors (Lipinski definition) is 2. The number of ether oxygens (including phenoxy) is 1. The third-order valence-electron chi connectivity index (χ3n) is 2.44. The van der Waals surface area contributed by atoms with Crippen LogP contribution in [0.5, 0.6) is 0 Å².